The highest BCUT2D eigenvalue weighted by Crippen LogP contribution is 2.29. The molecule has 1 heterocycles. The lowest BCUT2D eigenvalue weighted by molar-refractivity contribution is 0.253. The molecule has 0 spiro atoms. The number of rotatable bonds is 3. The monoisotopic (exact) mass is 274 g/mol. The van der Waals surface area contributed by atoms with Crippen molar-refractivity contribution >= 4 is 5.69 Å². The van der Waals surface area contributed by atoms with E-state index < -0.39 is 0 Å². The number of piperazine rings is 1. The molecule has 0 saturated carbocycles. The van der Waals surface area contributed by atoms with Crippen molar-refractivity contribution in [1.29, 1.82) is 0 Å². The molecule has 1 aromatic rings. The van der Waals surface area contributed by atoms with E-state index >= 15 is 0 Å². The van der Waals surface area contributed by atoms with Crippen molar-refractivity contribution in [2.45, 2.75) is 59.5 Å². The molecule has 2 heteroatoms. The van der Waals surface area contributed by atoms with Gasteiger partial charge in [0.15, 0.2) is 0 Å². The summed E-state index contributed by atoms with van der Waals surface area (Å²) in [6, 6.07) is 7.51. The Kier molecular flexibility index (Phi) is 4.43. The van der Waals surface area contributed by atoms with Crippen LogP contribution < -0.4 is 10.2 Å². The molecule has 0 radical (unpaired) electrons. The van der Waals surface area contributed by atoms with Crippen LogP contribution in [0.1, 0.15) is 45.2 Å². The highest BCUT2D eigenvalue weighted by Gasteiger charge is 2.35. The Morgan fingerprint density at radius 1 is 1.25 bits per heavy atom. The molecule has 1 saturated heterocycles. The van der Waals surface area contributed by atoms with Crippen LogP contribution in [0.4, 0.5) is 5.69 Å². The number of hydrogen-bond acceptors (Lipinski definition) is 2. The molecule has 112 valence electrons. The molecule has 1 aromatic carbocycles. The molecule has 1 N–H and O–H groups in total. The molecule has 2 unspecified atom stereocenters. The van der Waals surface area contributed by atoms with Crippen molar-refractivity contribution in [3.8, 4) is 0 Å². The Morgan fingerprint density at radius 2 is 1.85 bits per heavy atom. The molecule has 2 rings (SSSR count). The fourth-order valence-electron chi connectivity index (χ4n) is 3.24. The van der Waals surface area contributed by atoms with E-state index in [1.807, 2.05) is 0 Å². The molecule has 2 nitrogen and oxygen atoms in total. The summed E-state index contributed by atoms with van der Waals surface area (Å²) < 4.78 is 0. The summed E-state index contributed by atoms with van der Waals surface area (Å²) in [4.78, 5) is 2.63. The van der Waals surface area contributed by atoms with E-state index in [0.29, 0.717) is 12.0 Å². The minimum atomic E-state index is 0.225. The van der Waals surface area contributed by atoms with Crippen LogP contribution in [-0.2, 0) is 0 Å². The minimum Gasteiger partial charge on any atom is -0.365 e. The quantitative estimate of drug-likeness (QED) is 0.899. The summed E-state index contributed by atoms with van der Waals surface area (Å²) in [5.41, 5.74) is 4.34. The normalized spacial score (nSPS) is 27.1. The van der Waals surface area contributed by atoms with Crippen LogP contribution in [-0.4, -0.2) is 24.7 Å². The lowest BCUT2D eigenvalue weighted by atomic mass is 9.89. The van der Waals surface area contributed by atoms with Gasteiger partial charge in [-0.2, -0.15) is 0 Å². The summed E-state index contributed by atoms with van der Waals surface area (Å²) >= 11 is 0. The highest BCUT2D eigenvalue weighted by atomic mass is 15.3. The van der Waals surface area contributed by atoms with E-state index in [9.17, 15) is 0 Å². The van der Waals surface area contributed by atoms with Gasteiger partial charge in [0.25, 0.3) is 0 Å². The Bertz CT molecular complexity index is 446. The second-order valence-electron chi connectivity index (χ2n) is 7.08. The van der Waals surface area contributed by atoms with Gasteiger partial charge in [0.2, 0.25) is 0 Å². The summed E-state index contributed by atoms with van der Waals surface area (Å²) in [5, 5.41) is 3.76. The predicted molar refractivity (Wildman–Crippen MR) is 88.6 cm³/mol. The van der Waals surface area contributed by atoms with Crippen molar-refractivity contribution in [3.05, 3.63) is 29.3 Å². The largest absolute Gasteiger partial charge is 0.365 e. The molecule has 1 aliphatic rings. The van der Waals surface area contributed by atoms with Gasteiger partial charge in [-0.1, -0.05) is 26.8 Å². The first-order chi connectivity index (χ1) is 9.34. The summed E-state index contributed by atoms with van der Waals surface area (Å²) in [5.74, 6) is 0.657. The van der Waals surface area contributed by atoms with Gasteiger partial charge in [0, 0.05) is 30.4 Å². The molecule has 1 fully saturated rings. The third-order valence-electron chi connectivity index (χ3n) is 4.75. The first kappa shape index (κ1) is 15.4. The summed E-state index contributed by atoms with van der Waals surface area (Å²) in [6.45, 7) is 15.9. The molecule has 20 heavy (non-hydrogen) atoms. The van der Waals surface area contributed by atoms with Gasteiger partial charge in [0.1, 0.15) is 0 Å². The average Bonchev–Trinajstić information content (AvgIpc) is 2.37. The van der Waals surface area contributed by atoms with E-state index in [4.69, 9.17) is 0 Å². The maximum Gasteiger partial charge on any atom is 0.0438 e. The van der Waals surface area contributed by atoms with Gasteiger partial charge in [0.05, 0.1) is 0 Å². The van der Waals surface area contributed by atoms with Crippen LogP contribution in [0, 0.1) is 19.8 Å². The van der Waals surface area contributed by atoms with Gasteiger partial charge in [-0.3, -0.25) is 0 Å². The number of nitrogens with one attached hydrogen (secondary N) is 1. The van der Waals surface area contributed by atoms with Crippen LogP contribution in [0.2, 0.25) is 0 Å². The van der Waals surface area contributed by atoms with E-state index in [0.717, 1.165) is 13.1 Å². The van der Waals surface area contributed by atoms with Crippen molar-refractivity contribution in [3.63, 3.8) is 0 Å². The van der Waals surface area contributed by atoms with Crippen molar-refractivity contribution in [1.82, 2.24) is 5.32 Å². The van der Waals surface area contributed by atoms with Gasteiger partial charge >= 0.3 is 0 Å². The van der Waals surface area contributed by atoms with E-state index in [1.165, 1.54) is 23.2 Å². The van der Waals surface area contributed by atoms with Crippen LogP contribution in [0.15, 0.2) is 18.2 Å². The van der Waals surface area contributed by atoms with Gasteiger partial charge < -0.3 is 10.2 Å². The number of nitrogens with zero attached hydrogens (tertiary/aromatic N) is 1. The standard InChI is InChI=1S/C18H30N2/c1-7-18(6)12-20(17(11-19-18)13(2)3)16-9-14(4)8-15(5)10-16/h8-10,13,17,19H,7,11-12H2,1-6H3. The van der Waals surface area contributed by atoms with Gasteiger partial charge in [-0.15, -0.1) is 0 Å². The molecule has 0 bridgehead atoms. The Hall–Kier alpha value is -1.02. The zero-order valence-electron chi connectivity index (χ0n) is 14.0. The topological polar surface area (TPSA) is 15.3 Å². The van der Waals surface area contributed by atoms with E-state index in [2.05, 4.69) is 70.0 Å². The van der Waals surface area contributed by atoms with Gasteiger partial charge in [-0.05, 0) is 56.4 Å². The van der Waals surface area contributed by atoms with Crippen molar-refractivity contribution in [2.75, 3.05) is 18.0 Å². The fourth-order valence-corrected chi connectivity index (χ4v) is 3.24. The lowest BCUT2D eigenvalue weighted by Gasteiger charge is -2.49. The van der Waals surface area contributed by atoms with Gasteiger partial charge in [-0.25, -0.2) is 0 Å². The molecular formula is C18H30N2. The van der Waals surface area contributed by atoms with Crippen LogP contribution >= 0.6 is 0 Å². The van der Waals surface area contributed by atoms with Crippen LogP contribution in [0.5, 0.6) is 0 Å². The third kappa shape index (κ3) is 3.17. The summed E-state index contributed by atoms with van der Waals surface area (Å²) in [6.07, 6.45) is 1.17. The lowest BCUT2D eigenvalue weighted by Crippen LogP contribution is -2.64. The SMILES string of the molecule is CCC1(C)CN(c2cc(C)cc(C)c2)C(C(C)C)CN1. The second kappa shape index (κ2) is 5.77. The minimum absolute atomic E-state index is 0.225. The molecule has 0 aromatic heterocycles. The zero-order chi connectivity index (χ0) is 14.9. The number of anilines is 1. The molecule has 0 aliphatic carbocycles. The second-order valence-corrected chi connectivity index (χ2v) is 7.08. The molecule has 2 atom stereocenters. The Morgan fingerprint density at radius 3 is 2.35 bits per heavy atom. The van der Waals surface area contributed by atoms with Crippen LogP contribution in [0.25, 0.3) is 0 Å². The molecule has 1 aliphatic heterocycles. The van der Waals surface area contributed by atoms with Crippen molar-refractivity contribution < 1.29 is 0 Å². The number of hydrogen-bond donors (Lipinski definition) is 1. The average molecular weight is 274 g/mol. The molecular weight excluding hydrogens is 244 g/mol. The highest BCUT2D eigenvalue weighted by molar-refractivity contribution is 5.53. The number of aryl methyl sites for hydroxylation is 2. The predicted octanol–water partition coefficient (Wildman–Crippen LogP) is 3.91. The zero-order valence-corrected chi connectivity index (χ0v) is 14.0. The van der Waals surface area contributed by atoms with Crippen LogP contribution in [0.3, 0.4) is 0 Å². The first-order valence-corrected chi connectivity index (χ1v) is 7.94. The van der Waals surface area contributed by atoms with E-state index in [-0.39, 0.29) is 5.54 Å². The third-order valence-corrected chi connectivity index (χ3v) is 4.75. The van der Waals surface area contributed by atoms with Crippen molar-refractivity contribution in [2.24, 2.45) is 5.92 Å². The summed E-state index contributed by atoms with van der Waals surface area (Å²) in [7, 11) is 0. The number of benzene rings is 1. The first-order valence-electron chi connectivity index (χ1n) is 7.94. The Balaban J connectivity index is 2.36. The van der Waals surface area contributed by atoms with E-state index in [1.54, 1.807) is 0 Å². The maximum atomic E-state index is 3.76. The Labute approximate surface area is 124 Å². The maximum absolute atomic E-state index is 3.76. The smallest absolute Gasteiger partial charge is 0.0438 e. The molecule has 0 amide bonds. The fraction of sp³-hybridized carbons (Fsp3) is 0.667.